The highest BCUT2D eigenvalue weighted by Crippen LogP contribution is 2.13. The molecule has 5 nitrogen and oxygen atoms in total. The molecule has 2 rings (SSSR count). The van der Waals surface area contributed by atoms with E-state index in [-0.39, 0.29) is 22.3 Å². The average molecular weight is 383 g/mol. The third-order valence-electron chi connectivity index (χ3n) is 3.25. The standard InChI is InChI=1S/C19H11F2N3O2S/c20-17-9-13(11-22)1-3-15(17)5-6-19(25)24-27(26)8-7-16-4-2-14(12-23)10-18(16)21/h1-10H,(H,24,25). The lowest BCUT2D eigenvalue weighted by Crippen LogP contribution is -2.21. The van der Waals surface area contributed by atoms with Crippen LogP contribution in [0.2, 0.25) is 0 Å². The van der Waals surface area contributed by atoms with Gasteiger partial charge in [0, 0.05) is 22.6 Å². The molecule has 8 heteroatoms. The van der Waals surface area contributed by atoms with Crippen molar-refractivity contribution in [3.63, 3.8) is 0 Å². The number of rotatable bonds is 5. The largest absolute Gasteiger partial charge is 0.269 e. The van der Waals surface area contributed by atoms with Gasteiger partial charge in [0.2, 0.25) is 0 Å². The zero-order chi connectivity index (χ0) is 19.8. The van der Waals surface area contributed by atoms with Crippen molar-refractivity contribution >= 4 is 29.0 Å². The number of amides is 1. The highest BCUT2D eigenvalue weighted by Gasteiger charge is 2.04. The van der Waals surface area contributed by atoms with Gasteiger partial charge in [0.25, 0.3) is 5.91 Å². The van der Waals surface area contributed by atoms with E-state index in [1.165, 1.54) is 36.4 Å². The molecular formula is C19H11F2N3O2S. The minimum absolute atomic E-state index is 0.0881. The third-order valence-corrected chi connectivity index (χ3v) is 4.03. The van der Waals surface area contributed by atoms with Crippen LogP contribution < -0.4 is 4.72 Å². The SMILES string of the molecule is N#Cc1ccc(C=CC(=O)NS(=O)C=Cc2ccc(C#N)cc2F)c(F)c1. The maximum Gasteiger partial charge on any atom is 0.255 e. The number of hydrogen-bond donors (Lipinski definition) is 1. The van der Waals surface area contributed by atoms with Gasteiger partial charge in [-0.25, -0.2) is 13.0 Å². The summed E-state index contributed by atoms with van der Waals surface area (Å²) in [6.45, 7) is 0. The molecule has 134 valence electrons. The smallest absolute Gasteiger partial charge is 0.255 e. The van der Waals surface area contributed by atoms with Crippen molar-refractivity contribution in [1.82, 2.24) is 4.72 Å². The normalized spacial score (nSPS) is 11.9. The quantitative estimate of drug-likeness (QED) is 0.803. The van der Waals surface area contributed by atoms with Crippen LogP contribution in [0.3, 0.4) is 0 Å². The van der Waals surface area contributed by atoms with E-state index < -0.39 is 28.5 Å². The van der Waals surface area contributed by atoms with Crippen molar-refractivity contribution in [3.8, 4) is 12.1 Å². The Labute approximate surface area is 156 Å². The third kappa shape index (κ3) is 5.70. The summed E-state index contributed by atoms with van der Waals surface area (Å²) in [7, 11) is -1.93. The van der Waals surface area contributed by atoms with Gasteiger partial charge in [0.05, 0.1) is 23.3 Å². The average Bonchev–Trinajstić information content (AvgIpc) is 2.65. The van der Waals surface area contributed by atoms with Crippen molar-refractivity contribution in [1.29, 1.82) is 10.5 Å². The molecule has 0 aliphatic rings. The Morgan fingerprint density at radius 3 is 1.96 bits per heavy atom. The van der Waals surface area contributed by atoms with Crippen molar-refractivity contribution in [2.24, 2.45) is 0 Å². The molecule has 1 unspecified atom stereocenters. The van der Waals surface area contributed by atoms with Gasteiger partial charge in [-0.1, -0.05) is 12.1 Å². The summed E-state index contributed by atoms with van der Waals surface area (Å²) < 4.78 is 41.3. The lowest BCUT2D eigenvalue weighted by atomic mass is 10.1. The van der Waals surface area contributed by atoms with Gasteiger partial charge in [0.1, 0.15) is 22.6 Å². The van der Waals surface area contributed by atoms with Gasteiger partial charge in [0.15, 0.2) is 0 Å². The molecule has 1 N–H and O–H groups in total. The minimum Gasteiger partial charge on any atom is -0.269 e. The van der Waals surface area contributed by atoms with E-state index in [9.17, 15) is 17.8 Å². The molecule has 0 spiro atoms. The van der Waals surface area contributed by atoms with Crippen LogP contribution in [0.1, 0.15) is 22.3 Å². The van der Waals surface area contributed by atoms with Crippen molar-refractivity contribution in [2.45, 2.75) is 0 Å². The van der Waals surface area contributed by atoms with E-state index in [1.54, 1.807) is 12.1 Å². The molecule has 0 saturated heterocycles. The summed E-state index contributed by atoms with van der Waals surface area (Å²) in [5.41, 5.74) is 0.492. The molecule has 1 amide bonds. The van der Waals surface area contributed by atoms with Crippen LogP contribution >= 0.6 is 0 Å². The molecule has 0 aromatic heterocycles. The Kier molecular flexibility index (Phi) is 6.70. The number of nitriles is 2. The fourth-order valence-electron chi connectivity index (χ4n) is 1.93. The van der Waals surface area contributed by atoms with Crippen LogP contribution in [0.4, 0.5) is 8.78 Å². The summed E-state index contributed by atoms with van der Waals surface area (Å²) in [5.74, 6) is -2.08. The second-order valence-corrected chi connectivity index (χ2v) is 6.17. The van der Waals surface area contributed by atoms with E-state index in [1.807, 2.05) is 0 Å². The number of nitrogens with one attached hydrogen (secondary N) is 1. The molecule has 0 fully saturated rings. The number of halogens is 2. The van der Waals surface area contributed by atoms with Crippen LogP contribution in [0.25, 0.3) is 12.2 Å². The van der Waals surface area contributed by atoms with Crippen molar-refractivity contribution < 1.29 is 17.8 Å². The molecule has 27 heavy (non-hydrogen) atoms. The number of carbonyl (C=O) groups excluding carboxylic acids is 1. The number of nitrogens with zero attached hydrogens (tertiary/aromatic N) is 2. The van der Waals surface area contributed by atoms with E-state index >= 15 is 0 Å². The molecule has 0 bridgehead atoms. The molecule has 1 atom stereocenters. The van der Waals surface area contributed by atoms with Gasteiger partial charge < -0.3 is 0 Å². The summed E-state index contributed by atoms with van der Waals surface area (Å²) >= 11 is 0. The molecule has 2 aromatic rings. The van der Waals surface area contributed by atoms with Crippen LogP contribution in [0, 0.1) is 34.3 Å². The number of carbonyl (C=O) groups is 1. The summed E-state index contributed by atoms with van der Waals surface area (Å²) in [6.07, 6.45) is 3.36. The predicted molar refractivity (Wildman–Crippen MR) is 96.6 cm³/mol. The Morgan fingerprint density at radius 2 is 1.48 bits per heavy atom. The fraction of sp³-hybridized carbons (Fsp3) is 0. The first-order chi connectivity index (χ1) is 12.9. The summed E-state index contributed by atoms with van der Waals surface area (Å²) in [5, 5.41) is 18.4. The maximum atomic E-state index is 13.7. The monoisotopic (exact) mass is 383 g/mol. The van der Waals surface area contributed by atoms with Crippen molar-refractivity contribution in [3.05, 3.63) is 81.8 Å². The molecule has 0 aliphatic heterocycles. The molecule has 0 heterocycles. The second-order valence-electron chi connectivity index (χ2n) is 5.10. The first-order valence-electron chi connectivity index (χ1n) is 7.39. The van der Waals surface area contributed by atoms with E-state index in [4.69, 9.17) is 10.5 Å². The van der Waals surface area contributed by atoms with E-state index in [0.29, 0.717) is 0 Å². The highest BCUT2D eigenvalue weighted by molar-refractivity contribution is 7.86. The molecular weight excluding hydrogens is 372 g/mol. The summed E-state index contributed by atoms with van der Waals surface area (Å²) in [4.78, 5) is 11.7. The van der Waals surface area contributed by atoms with Crippen LogP contribution in [0.5, 0.6) is 0 Å². The Bertz CT molecular complexity index is 966. The first-order valence-corrected chi connectivity index (χ1v) is 8.61. The van der Waals surface area contributed by atoms with Crippen LogP contribution in [-0.2, 0) is 15.8 Å². The summed E-state index contributed by atoms with van der Waals surface area (Å²) in [6, 6.07) is 11.1. The maximum absolute atomic E-state index is 13.7. The minimum atomic E-state index is -1.93. The van der Waals surface area contributed by atoms with Gasteiger partial charge in [-0.15, -0.1) is 0 Å². The number of benzene rings is 2. The molecule has 2 aromatic carbocycles. The van der Waals surface area contributed by atoms with E-state index in [2.05, 4.69) is 4.72 Å². The Hall–Kier alpha value is -3.62. The zero-order valence-corrected chi connectivity index (χ0v) is 14.5. The van der Waals surface area contributed by atoms with Gasteiger partial charge in [-0.2, -0.15) is 10.5 Å². The molecule has 0 aliphatic carbocycles. The van der Waals surface area contributed by atoms with E-state index in [0.717, 1.165) is 23.6 Å². The first kappa shape index (κ1) is 19.7. The van der Waals surface area contributed by atoms with Crippen LogP contribution in [0.15, 0.2) is 47.9 Å². The second kappa shape index (κ2) is 9.18. The Morgan fingerprint density at radius 1 is 0.963 bits per heavy atom. The Balaban J connectivity index is 1.98. The molecule has 0 saturated carbocycles. The molecule has 0 radical (unpaired) electrons. The van der Waals surface area contributed by atoms with Gasteiger partial charge in [-0.05, 0) is 36.4 Å². The fourth-order valence-corrected chi connectivity index (χ4v) is 2.54. The predicted octanol–water partition coefficient (Wildman–Crippen LogP) is 3.17. The number of hydrogen-bond acceptors (Lipinski definition) is 4. The lowest BCUT2D eigenvalue weighted by molar-refractivity contribution is -0.114. The van der Waals surface area contributed by atoms with Gasteiger partial charge >= 0.3 is 0 Å². The highest BCUT2D eigenvalue weighted by atomic mass is 32.2. The zero-order valence-electron chi connectivity index (χ0n) is 13.6. The van der Waals surface area contributed by atoms with Crippen LogP contribution in [-0.4, -0.2) is 10.1 Å². The lowest BCUT2D eigenvalue weighted by Gasteiger charge is -1.99. The van der Waals surface area contributed by atoms with Gasteiger partial charge in [-0.3, -0.25) is 9.52 Å². The topological polar surface area (TPSA) is 93.8 Å². The van der Waals surface area contributed by atoms with Crippen molar-refractivity contribution in [2.75, 3.05) is 0 Å².